The third-order valence-corrected chi connectivity index (χ3v) is 3.39. The van der Waals surface area contributed by atoms with Gasteiger partial charge in [0.2, 0.25) is 5.82 Å². The number of aliphatic hydroxyl groups excluding tert-OH is 1. The van der Waals surface area contributed by atoms with Crippen molar-refractivity contribution in [3.63, 3.8) is 0 Å². The minimum absolute atomic E-state index is 0.0726. The van der Waals surface area contributed by atoms with Gasteiger partial charge in [0, 0.05) is 25.8 Å². The molecule has 20 heavy (non-hydrogen) atoms. The molecule has 1 aliphatic rings. The number of carboxylic acids is 1. The summed E-state index contributed by atoms with van der Waals surface area (Å²) < 4.78 is 0. The summed E-state index contributed by atoms with van der Waals surface area (Å²) in [6.07, 6.45) is 1.43. The fraction of sp³-hybridized carbons (Fsp3) is 0.500. The molecular weight excluding hydrogens is 266 g/mol. The SMILES string of the molecule is O=C(O)c1ccc([N+](=O)[O-])c(N2CCC(CCO)C2)n1. The molecule has 2 rings (SSSR count). The van der Waals surface area contributed by atoms with Gasteiger partial charge in [-0.05, 0) is 24.8 Å². The molecule has 1 atom stereocenters. The van der Waals surface area contributed by atoms with Crippen LogP contribution in [-0.4, -0.2) is 45.8 Å². The molecule has 2 N–H and O–H groups in total. The van der Waals surface area contributed by atoms with E-state index < -0.39 is 10.9 Å². The molecule has 1 aliphatic heterocycles. The molecule has 1 unspecified atom stereocenters. The smallest absolute Gasteiger partial charge is 0.354 e. The Morgan fingerprint density at radius 3 is 2.90 bits per heavy atom. The average molecular weight is 281 g/mol. The second kappa shape index (κ2) is 5.83. The number of aromatic carboxylic acids is 1. The van der Waals surface area contributed by atoms with Gasteiger partial charge in [-0.2, -0.15) is 0 Å². The lowest BCUT2D eigenvalue weighted by molar-refractivity contribution is -0.384. The standard InChI is InChI=1S/C12H15N3O5/c16-6-4-8-3-5-14(7-8)11-10(15(19)20)2-1-9(13-11)12(17)18/h1-2,8,16H,3-7H2,(H,17,18). The normalized spacial score (nSPS) is 18.2. The lowest BCUT2D eigenvalue weighted by Gasteiger charge is -2.17. The van der Waals surface area contributed by atoms with Crippen molar-refractivity contribution in [1.82, 2.24) is 4.98 Å². The van der Waals surface area contributed by atoms with E-state index in [1.807, 2.05) is 0 Å². The number of rotatable bonds is 5. The molecule has 8 nitrogen and oxygen atoms in total. The molecular formula is C12H15N3O5. The second-order valence-corrected chi connectivity index (χ2v) is 4.71. The summed E-state index contributed by atoms with van der Waals surface area (Å²) in [6.45, 7) is 1.18. The van der Waals surface area contributed by atoms with E-state index in [2.05, 4.69) is 4.98 Å². The van der Waals surface area contributed by atoms with Crippen molar-refractivity contribution in [3.05, 3.63) is 27.9 Å². The van der Waals surface area contributed by atoms with Gasteiger partial charge in [0.1, 0.15) is 0 Å². The van der Waals surface area contributed by atoms with E-state index in [4.69, 9.17) is 10.2 Å². The van der Waals surface area contributed by atoms with Crippen molar-refractivity contribution in [1.29, 1.82) is 0 Å². The molecule has 0 spiro atoms. The number of aliphatic hydroxyl groups is 1. The summed E-state index contributed by atoms with van der Waals surface area (Å²) in [5.74, 6) is -0.877. The Hall–Kier alpha value is -2.22. The highest BCUT2D eigenvalue weighted by Gasteiger charge is 2.29. The number of hydrogen-bond acceptors (Lipinski definition) is 6. The quantitative estimate of drug-likeness (QED) is 0.608. The molecule has 2 heterocycles. The van der Waals surface area contributed by atoms with E-state index >= 15 is 0 Å². The summed E-state index contributed by atoms with van der Waals surface area (Å²) in [5, 5.41) is 28.9. The molecule has 1 aromatic heterocycles. The molecule has 0 aromatic carbocycles. The van der Waals surface area contributed by atoms with Gasteiger partial charge < -0.3 is 15.1 Å². The van der Waals surface area contributed by atoms with Crippen LogP contribution in [0.3, 0.4) is 0 Å². The lowest BCUT2D eigenvalue weighted by Crippen LogP contribution is -2.23. The van der Waals surface area contributed by atoms with E-state index in [1.165, 1.54) is 6.07 Å². The molecule has 108 valence electrons. The van der Waals surface area contributed by atoms with Crippen LogP contribution in [0.1, 0.15) is 23.3 Å². The highest BCUT2D eigenvalue weighted by atomic mass is 16.6. The van der Waals surface area contributed by atoms with Gasteiger partial charge in [-0.25, -0.2) is 9.78 Å². The average Bonchev–Trinajstić information content (AvgIpc) is 2.86. The van der Waals surface area contributed by atoms with Crippen LogP contribution < -0.4 is 4.90 Å². The summed E-state index contributed by atoms with van der Waals surface area (Å²) in [6, 6.07) is 2.30. The topological polar surface area (TPSA) is 117 Å². The Labute approximate surface area is 114 Å². The first-order valence-electron chi connectivity index (χ1n) is 6.27. The van der Waals surface area contributed by atoms with Crippen molar-refractivity contribution in [2.75, 3.05) is 24.6 Å². The van der Waals surface area contributed by atoms with Crippen LogP contribution in [0.2, 0.25) is 0 Å². The first-order valence-corrected chi connectivity index (χ1v) is 6.27. The maximum Gasteiger partial charge on any atom is 0.354 e. The first kappa shape index (κ1) is 14.2. The van der Waals surface area contributed by atoms with Crippen LogP contribution in [0.5, 0.6) is 0 Å². The van der Waals surface area contributed by atoms with Crippen molar-refractivity contribution < 1.29 is 19.9 Å². The van der Waals surface area contributed by atoms with Crippen molar-refractivity contribution in [2.24, 2.45) is 5.92 Å². The zero-order valence-corrected chi connectivity index (χ0v) is 10.7. The largest absolute Gasteiger partial charge is 0.477 e. The third-order valence-electron chi connectivity index (χ3n) is 3.39. The summed E-state index contributed by atoms with van der Waals surface area (Å²) in [4.78, 5) is 27.0. The van der Waals surface area contributed by atoms with Gasteiger partial charge in [-0.15, -0.1) is 0 Å². The Kier molecular flexibility index (Phi) is 4.14. The van der Waals surface area contributed by atoms with Crippen LogP contribution in [0, 0.1) is 16.0 Å². The van der Waals surface area contributed by atoms with Gasteiger partial charge in [-0.3, -0.25) is 10.1 Å². The van der Waals surface area contributed by atoms with Crippen LogP contribution in [0.4, 0.5) is 11.5 Å². The Balaban J connectivity index is 2.31. The second-order valence-electron chi connectivity index (χ2n) is 4.71. The zero-order valence-electron chi connectivity index (χ0n) is 10.7. The van der Waals surface area contributed by atoms with Crippen LogP contribution in [-0.2, 0) is 0 Å². The minimum Gasteiger partial charge on any atom is -0.477 e. The maximum atomic E-state index is 11.0. The van der Waals surface area contributed by atoms with Gasteiger partial charge in [0.25, 0.3) is 0 Å². The summed E-state index contributed by atoms with van der Waals surface area (Å²) in [7, 11) is 0. The number of hydrogen-bond donors (Lipinski definition) is 2. The van der Waals surface area contributed by atoms with E-state index in [0.29, 0.717) is 19.5 Å². The van der Waals surface area contributed by atoms with Crippen molar-refractivity contribution >= 4 is 17.5 Å². The van der Waals surface area contributed by atoms with Crippen LogP contribution in [0.25, 0.3) is 0 Å². The number of carboxylic acid groups (broad SMARTS) is 1. The Morgan fingerprint density at radius 1 is 1.55 bits per heavy atom. The van der Waals surface area contributed by atoms with E-state index in [0.717, 1.165) is 12.5 Å². The summed E-state index contributed by atoms with van der Waals surface area (Å²) in [5.41, 5.74) is -0.407. The summed E-state index contributed by atoms with van der Waals surface area (Å²) >= 11 is 0. The zero-order chi connectivity index (χ0) is 14.7. The van der Waals surface area contributed by atoms with Gasteiger partial charge in [-0.1, -0.05) is 0 Å². The number of nitrogens with zero attached hydrogens (tertiary/aromatic N) is 3. The van der Waals surface area contributed by atoms with Gasteiger partial charge in [0.15, 0.2) is 5.69 Å². The predicted molar refractivity (Wildman–Crippen MR) is 69.9 cm³/mol. The molecule has 1 fully saturated rings. The number of carbonyl (C=O) groups is 1. The maximum absolute atomic E-state index is 11.0. The molecule has 1 saturated heterocycles. The van der Waals surface area contributed by atoms with E-state index in [1.54, 1.807) is 4.90 Å². The monoisotopic (exact) mass is 281 g/mol. The molecule has 0 radical (unpaired) electrons. The fourth-order valence-electron chi connectivity index (χ4n) is 2.38. The first-order chi connectivity index (χ1) is 9.52. The van der Waals surface area contributed by atoms with Crippen LogP contribution >= 0.6 is 0 Å². The fourth-order valence-corrected chi connectivity index (χ4v) is 2.38. The third kappa shape index (κ3) is 2.85. The highest BCUT2D eigenvalue weighted by Crippen LogP contribution is 2.31. The van der Waals surface area contributed by atoms with Gasteiger partial charge >= 0.3 is 11.7 Å². The molecule has 1 aromatic rings. The van der Waals surface area contributed by atoms with Crippen LogP contribution in [0.15, 0.2) is 12.1 Å². The number of anilines is 1. The number of nitro groups is 1. The Bertz CT molecular complexity index is 534. The predicted octanol–water partition coefficient (Wildman–Crippen LogP) is 0.897. The molecule has 8 heteroatoms. The number of aromatic nitrogens is 1. The minimum atomic E-state index is -1.22. The Morgan fingerprint density at radius 2 is 2.30 bits per heavy atom. The van der Waals surface area contributed by atoms with Crippen molar-refractivity contribution in [2.45, 2.75) is 12.8 Å². The van der Waals surface area contributed by atoms with Crippen molar-refractivity contribution in [3.8, 4) is 0 Å². The molecule has 0 amide bonds. The van der Waals surface area contributed by atoms with E-state index in [-0.39, 0.29) is 29.7 Å². The highest BCUT2D eigenvalue weighted by molar-refractivity contribution is 5.86. The molecule has 0 bridgehead atoms. The lowest BCUT2D eigenvalue weighted by atomic mass is 10.1. The number of pyridine rings is 1. The van der Waals surface area contributed by atoms with Gasteiger partial charge in [0.05, 0.1) is 4.92 Å². The molecule has 0 saturated carbocycles. The van der Waals surface area contributed by atoms with E-state index in [9.17, 15) is 14.9 Å². The molecule has 0 aliphatic carbocycles.